The topological polar surface area (TPSA) is 72.6 Å². The van der Waals surface area contributed by atoms with Crippen LogP contribution in [0.25, 0.3) is 0 Å². The highest BCUT2D eigenvalue weighted by atomic mass is 16.5. The summed E-state index contributed by atoms with van der Waals surface area (Å²) in [6, 6.07) is -0.629. The molecule has 5 heteroatoms. The number of nitrogens with two attached hydrogens (primary N) is 1. The van der Waals surface area contributed by atoms with Gasteiger partial charge in [-0.3, -0.25) is 14.5 Å². The zero-order valence-electron chi connectivity index (χ0n) is 10.6. The van der Waals surface area contributed by atoms with Gasteiger partial charge in [-0.2, -0.15) is 0 Å². The number of amides is 1. The zero-order valence-corrected chi connectivity index (χ0v) is 10.6. The van der Waals surface area contributed by atoms with Crippen molar-refractivity contribution in [2.24, 2.45) is 5.73 Å². The normalized spacial score (nSPS) is 22.4. The van der Waals surface area contributed by atoms with Crippen molar-refractivity contribution in [1.29, 1.82) is 0 Å². The van der Waals surface area contributed by atoms with Gasteiger partial charge in [-0.1, -0.05) is 13.3 Å². The van der Waals surface area contributed by atoms with Gasteiger partial charge < -0.3 is 10.5 Å². The third-order valence-electron chi connectivity index (χ3n) is 3.14. The maximum Gasteiger partial charge on any atom is 0.323 e. The summed E-state index contributed by atoms with van der Waals surface area (Å²) in [7, 11) is 0. The van der Waals surface area contributed by atoms with Crippen LogP contribution in [0.15, 0.2) is 0 Å². The van der Waals surface area contributed by atoms with Crippen LogP contribution in [0.3, 0.4) is 0 Å². The largest absolute Gasteiger partial charge is 0.465 e. The highest BCUT2D eigenvalue weighted by molar-refractivity contribution is 5.82. The number of primary amides is 1. The summed E-state index contributed by atoms with van der Waals surface area (Å²) >= 11 is 0. The van der Waals surface area contributed by atoms with Crippen molar-refractivity contribution in [3.8, 4) is 0 Å². The average Bonchev–Trinajstić information content (AvgIpc) is 2.74. The Morgan fingerprint density at radius 3 is 2.71 bits per heavy atom. The van der Waals surface area contributed by atoms with Crippen LogP contribution < -0.4 is 5.73 Å². The molecule has 1 fully saturated rings. The molecule has 0 bridgehead atoms. The van der Waals surface area contributed by atoms with Crippen LogP contribution in [-0.4, -0.2) is 42.0 Å². The Morgan fingerprint density at radius 2 is 2.18 bits per heavy atom. The number of hydrogen-bond acceptors (Lipinski definition) is 4. The molecule has 1 saturated heterocycles. The molecule has 0 aromatic carbocycles. The fourth-order valence-corrected chi connectivity index (χ4v) is 2.40. The first-order valence-corrected chi connectivity index (χ1v) is 6.33. The van der Waals surface area contributed by atoms with Crippen molar-refractivity contribution >= 4 is 11.9 Å². The molecule has 0 aromatic rings. The van der Waals surface area contributed by atoms with E-state index in [9.17, 15) is 9.59 Å². The van der Waals surface area contributed by atoms with Crippen LogP contribution in [0.2, 0.25) is 0 Å². The summed E-state index contributed by atoms with van der Waals surface area (Å²) in [6.45, 7) is 4.92. The van der Waals surface area contributed by atoms with E-state index in [1.807, 2.05) is 11.8 Å². The Morgan fingerprint density at radius 1 is 1.47 bits per heavy atom. The first-order chi connectivity index (χ1) is 8.11. The summed E-state index contributed by atoms with van der Waals surface area (Å²) in [5, 5.41) is 0. The predicted octanol–water partition coefficient (Wildman–Crippen LogP) is 0.668. The van der Waals surface area contributed by atoms with Gasteiger partial charge in [-0.05, 0) is 32.7 Å². The molecule has 1 aliphatic rings. The van der Waals surface area contributed by atoms with E-state index in [1.54, 1.807) is 6.92 Å². The molecule has 2 N–H and O–H groups in total. The fraction of sp³-hybridized carbons (Fsp3) is 0.833. The van der Waals surface area contributed by atoms with Gasteiger partial charge >= 0.3 is 5.97 Å². The van der Waals surface area contributed by atoms with Gasteiger partial charge in [-0.15, -0.1) is 0 Å². The van der Waals surface area contributed by atoms with Crippen molar-refractivity contribution in [3.63, 3.8) is 0 Å². The van der Waals surface area contributed by atoms with Crippen molar-refractivity contribution in [1.82, 2.24) is 4.90 Å². The lowest BCUT2D eigenvalue weighted by Gasteiger charge is -2.29. The molecule has 0 spiro atoms. The monoisotopic (exact) mass is 242 g/mol. The lowest BCUT2D eigenvalue weighted by molar-refractivity contribution is -0.150. The van der Waals surface area contributed by atoms with Crippen LogP contribution in [0, 0.1) is 0 Å². The Labute approximate surface area is 102 Å². The molecular weight excluding hydrogens is 220 g/mol. The molecular formula is C12H22N2O3. The van der Waals surface area contributed by atoms with E-state index in [-0.39, 0.29) is 24.0 Å². The Hall–Kier alpha value is -1.10. The molecule has 1 amide bonds. The van der Waals surface area contributed by atoms with Crippen LogP contribution in [0.1, 0.15) is 39.5 Å². The van der Waals surface area contributed by atoms with Gasteiger partial charge in [-0.25, -0.2) is 0 Å². The Bertz CT molecular complexity index is 281. The summed E-state index contributed by atoms with van der Waals surface area (Å²) < 4.78 is 5.06. The molecule has 2 unspecified atom stereocenters. The minimum absolute atomic E-state index is 0.234. The first-order valence-electron chi connectivity index (χ1n) is 6.33. The molecule has 98 valence electrons. The number of likely N-dealkylation sites (tertiary alicyclic amines) is 1. The molecule has 1 rings (SSSR count). The third-order valence-corrected chi connectivity index (χ3v) is 3.14. The third kappa shape index (κ3) is 3.43. The van der Waals surface area contributed by atoms with Crippen molar-refractivity contribution in [2.45, 2.75) is 51.6 Å². The SMILES string of the molecule is CCCC(C(=O)OCC)N1CCCC1C(N)=O. The summed E-state index contributed by atoms with van der Waals surface area (Å²) in [5.74, 6) is -0.574. The van der Waals surface area contributed by atoms with E-state index in [4.69, 9.17) is 10.5 Å². The van der Waals surface area contributed by atoms with Gasteiger partial charge in [0.2, 0.25) is 5.91 Å². The van der Waals surface area contributed by atoms with Gasteiger partial charge in [0.25, 0.3) is 0 Å². The van der Waals surface area contributed by atoms with Crippen molar-refractivity contribution in [3.05, 3.63) is 0 Å². The quantitative estimate of drug-likeness (QED) is 0.695. The molecule has 2 atom stereocenters. The van der Waals surface area contributed by atoms with E-state index in [1.165, 1.54) is 0 Å². The Kier molecular flexibility index (Phi) is 5.41. The first kappa shape index (κ1) is 14.0. The van der Waals surface area contributed by atoms with Gasteiger partial charge in [0.1, 0.15) is 6.04 Å². The number of carbonyl (C=O) groups excluding carboxylic acids is 2. The van der Waals surface area contributed by atoms with Gasteiger partial charge in [0.15, 0.2) is 0 Å². The summed E-state index contributed by atoms with van der Waals surface area (Å²) in [4.78, 5) is 25.1. The number of esters is 1. The minimum Gasteiger partial charge on any atom is -0.465 e. The zero-order chi connectivity index (χ0) is 12.8. The number of nitrogens with zero attached hydrogens (tertiary/aromatic N) is 1. The number of hydrogen-bond donors (Lipinski definition) is 1. The van der Waals surface area contributed by atoms with E-state index >= 15 is 0 Å². The van der Waals surface area contributed by atoms with E-state index in [0.717, 1.165) is 25.8 Å². The highest BCUT2D eigenvalue weighted by Gasteiger charge is 2.37. The maximum absolute atomic E-state index is 11.9. The molecule has 0 radical (unpaired) electrons. The smallest absolute Gasteiger partial charge is 0.323 e. The number of carbonyl (C=O) groups is 2. The second-order valence-electron chi connectivity index (χ2n) is 4.35. The average molecular weight is 242 g/mol. The van der Waals surface area contributed by atoms with Crippen LogP contribution in [0.5, 0.6) is 0 Å². The molecule has 1 aliphatic heterocycles. The summed E-state index contributed by atoms with van der Waals surface area (Å²) in [6.07, 6.45) is 3.25. The Balaban J connectivity index is 2.74. The fourth-order valence-electron chi connectivity index (χ4n) is 2.40. The molecule has 1 heterocycles. The van der Waals surface area contributed by atoms with Gasteiger partial charge in [0.05, 0.1) is 12.6 Å². The lowest BCUT2D eigenvalue weighted by Crippen LogP contribution is -2.49. The standard InChI is InChI=1S/C12H22N2O3/c1-3-6-10(12(16)17-4-2)14-8-5-7-9(14)11(13)15/h9-10H,3-8H2,1-2H3,(H2,13,15). The van der Waals surface area contributed by atoms with E-state index in [2.05, 4.69) is 0 Å². The minimum atomic E-state index is -0.340. The second kappa shape index (κ2) is 6.59. The van der Waals surface area contributed by atoms with E-state index in [0.29, 0.717) is 13.0 Å². The summed E-state index contributed by atoms with van der Waals surface area (Å²) in [5.41, 5.74) is 5.36. The molecule has 17 heavy (non-hydrogen) atoms. The number of rotatable bonds is 6. The van der Waals surface area contributed by atoms with Crippen LogP contribution in [-0.2, 0) is 14.3 Å². The molecule has 0 aromatic heterocycles. The van der Waals surface area contributed by atoms with Crippen molar-refractivity contribution in [2.75, 3.05) is 13.2 Å². The highest BCUT2D eigenvalue weighted by Crippen LogP contribution is 2.23. The molecule has 0 saturated carbocycles. The van der Waals surface area contributed by atoms with E-state index < -0.39 is 0 Å². The number of ether oxygens (including phenoxy) is 1. The second-order valence-corrected chi connectivity index (χ2v) is 4.35. The van der Waals surface area contributed by atoms with Crippen LogP contribution in [0.4, 0.5) is 0 Å². The van der Waals surface area contributed by atoms with Gasteiger partial charge in [0, 0.05) is 0 Å². The lowest BCUT2D eigenvalue weighted by atomic mass is 10.1. The maximum atomic E-state index is 11.9. The van der Waals surface area contributed by atoms with Crippen molar-refractivity contribution < 1.29 is 14.3 Å². The molecule has 5 nitrogen and oxygen atoms in total. The molecule has 0 aliphatic carbocycles. The van der Waals surface area contributed by atoms with Crippen LogP contribution >= 0.6 is 0 Å². The predicted molar refractivity (Wildman–Crippen MR) is 64.3 cm³/mol.